The lowest BCUT2D eigenvalue weighted by atomic mass is 10.2. The number of nitro groups is 2. The second-order valence-corrected chi connectivity index (χ2v) is 3.88. The highest BCUT2D eigenvalue weighted by Crippen LogP contribution is 2.12. The Bertz CT molecular complexity index is 682. The van der Waals surface area contributed by atoms with Crippen LogP contribution in [-0.4, -0.2) is 21.0 Å². The Balaban J connectivity index is 1.98. The van der Waals surface area contributed by atoms with Gasteiger partial charge in [-0.05, 0) is 23.8 Å². The number of hydrazone groups is 1. The largest absolute Gasteiger partial charge is 0.287 e. The Morgan fingerprint density at radius 1 is 1.00 bits per heavy atom. The van der Waals surface area contributed by atoms with Crippen molar-refractivity contribution < 1.29 is 9.85 Å². The van der Waals surface area contributed by atoms with Gasteiger partial charge < -0.3 is 0 Å². The summed E-state index contributed by atoms with van der Waals surface area (Å²) in [6, 6.07) is 8.55. The third-order valence-corrected chi connectivity index (χ3v) is 2.46. The third kappa shape index (κ3) is 3.80. The van der Waals surface area contributed by atoms with E-state index in [9.17, 15) is 20.2 Å². The molecule has 0 bridgehead atoms. The Morgan fingerprint density at radius 2 is 1.62 bits per heavy atom. The minimum Gasteiger partial charge on any atom is -0.261 e. The molecule has 1 aromatic heterocycles. The fourth-order valence-electron chi connectivity index (χ4n) is 1.42. The number of hydrogen-bond donors (Lipinski definition) is 1. The first-order chi connectivity index (χ1) is 10.1. The van der Waals surface area contributed by atoms with Gasteiger partial charge in [-0.2, -0.15) is 5.10 Å². The minimum absolute atomic E-state index is 0.00264. The summed E-state index contributed by atoms with van der Waals surface area (Å²) >= 11 is 0. The predicted octanol–water partition coefficient (Wildman–Crippen LogP) is 2.34. The van der Waals surface area contributed by atoms with Crippen molar-refractivity contribution in [3.63, 3.8) is 0 Å². The van der Waals surface area contributed by atoms with Crippen LogP contribution in [0.25, 0.3) is 0 Å². The standard InChI is InChI=1S/C12H9N5O4/c18-16(19)10-3-1-9(2-4-10)7-14-15-12-6-5-11(8-13-12)17(20)21/h1-8H,(H,13,15)/b14-7-. The topological polar surface area (TPSA) is 124 Å². The van der Waals surface area contributed by atoms with E-state index in [4.69, 9.17) is 0 Å². The molecule has 0 aliphatic rings. The van der Waals surface area contributed by atoms with Crippen LogP contribution in [0.2, 0.25) is 0 Å². The highest BCUT2D eigenvalue weighted by atomic mass is 16.6. The van der Waals surface area contributed by atoms with Crippen molar-refractivity contribution in [2.75, 3.05) is 5.43 Å². The van der Waals surface area contributed by atoms with Gasteiger partial charge in [0.2, 0.25) is 0 Å². The summed E-state index contributed by atoms with van der Waals surface area (Å²) < 4.78 is 0. The fraction of sp³-hybridized carbons (Fsp3) is 0. The van der Waals surface area contributed by atoms with Crippen molar-refractivity contribution in [1.29, 1.82) is 0 Å². The molecule has 1 N–H and O–H groups in total. The first-order valence-electron chi connectivity index (χ1n) is 5.70. The van der Waals surface area contributed by atoms with Crippen LogP contribution in [0.1, 0.15) is 5.56 Å². The molecule has 0 atom stereocenters. The summed E-state index contributed by atoms with van der Waals surface area (Å²) in [6.45, 7) is 0. The average Bonchev–Trinajstić information content (AvgIpc) is 2.48. The smallest absolute Gasteiger partial charge is 0.261 e. The minimum atomic E-state index is -0.545. The molecule has 0 saturated carbocycles. The van der Waals surface area contributed by atoms with Gasteiger partial charge in [0.25, 0.3) is 11.4 Å². The molecule has 0 aliphatic heterocycles. The SMILES string of the molecule is O=[N+]([O-])c1ccc(/C=N\Nc2ccc([N+](=O)[O-])cn2)cc1. The molecule has 0 saturated heterocycles. The van der Waals surface area contributed by atoms with Crippen molar-refractivity contribution in [1.82, 2.24) is 4.98 Å². The van der Waals surface area contributed by atoms with Gasteiger partial charge in [-0.15, -0.1) is 0 Å². The van der Waals surface area contributed by atoms with E-state index in [0.717, 1.165) is 6.20 Å². The molecular formula is C12H9N5O4. The molecule has 1 aromatic carbocycles. The molecular weight excluding hydrogens is 278 g/mol. The molecule has 106 valence electrons. The number of anilines is 1. The maximum Gasteiger partial charge on any atom is 0.287 e. The third-order valence-electron chi connectivity index (χ3n) is 2.46. The highest BCUT2D eigenvalue weighted by molar-refractivity contribution is 5.80. The van der Waals surface area contributed by atoms with Crippen molar-refractivity contribution in [2.45, 2.75) is 0 Å². The lowest BCUT2D eigenvalue weighted by Gasteiger charge is -1.98. The molecule has 0 aliphatic carbocycles. The monoisotopic (exact) mass is 287 g/mol. The zero-order chi connectivity index (χ0) is 15.2. The van der Waals surface area contributed by atoms with Crippen LogP contribution in [0.3, 0.4) is 0 Å². The van der Waals surface area contributed by atoms with E-state index in [2.05, 4.69) is 15.5 Å². The fourth-order valence-corrected chi connectivity index (χ4v) is 1.42. The lowest BCUT2D eigenvalue weighted by Crippen LogP contribution is -1.95. The average molecular weight is 287 g/mol. The van der Waals surface area contributed by atoms with Crippen LogP contribution < -0.4 is 5.43 Å². The number of nitro benzene ring substituents is 1. The van der Waals surface area contributed by atoms with Crippen molar-refractivity contribution in [2.24, 2.45) is 5.10 Å². The molecule has 2 aromatic rings. The summed E-state index contributed by atoms with van der Waals surface area (Å²) in [5.74, 6) is 0.346. The van der Waals surface area contributed by atoms with E-state index in [1.165, 1.54) is 30.5 Å². The van der Waals surface area contributed by atoms with Gasteiger partial charge in [0.15, 0.2) is 0 Å². The number of non-ortho nitro benzene ring substituents is 1. The number of nitrogens with one attached hydrogen (secondary N) is 1. The molecule has 0 spiro atoms. The summed E-state index contributed by atoms with van der Waals surface area (Å²) in [5.41, 5.74) is 3.15. The zero-order valence-corrected chi connectivity index (χ0v) is 10.5. The van der Waals surface area contributed by atoms with E-state index in [0.29, 0.717) is 11.4 Å². The summed E-state index contributed by atoms with van der Waals surface area (Å²) in [6.07, 6.45) is 2.57. The van der Waals surface area contributed by atoms with Crippen LogP contribution >= 0.6 is 0 Å². The van der Waals surface area contributed by atoms with Crippen LogP contribution in [0.5, 0.6) is 0 Å². The van der Waals surface area contributed by atoms with Gasteiger partial charge in [-0.25, -0.2) is 4.98 Å². The molecule has 0 unspecified atom stereocenters. The number of nitrogens with zero attached hydrogens (tertiary/aromatic N) is 4. The van der Waals surface area contributed by atoms with Crippen LogP contribution in [0.15, 0.2) is 47.7 Å². The summed E-state index contributed by atoms with van der Waals surface area (Å²) in [5, 5.41) is 24.8. The van der Waals surface area contributed by atoms with E-state index < -0.39 is 9.85 Å². The van der Waals surface area contributed by atoms with E-state index in [1.54, 1.807) is 12.1 Å². The Kier molecular flexibility index (Phi) is 4.14. The van der Waals surface area contributed by atoms with Crippen LogP contribution in [0, 0.1) is 20.2 Å². The maximum atomic E-state index is 10.5. The number of hydrogen-bond acceptors (Lipinski definition) is 7. The normalized spacial score (nSPS) is 10.5. The molecule has 9 nitrogen and oxygen atoms in total. The number of pyridine rings is 1. The molecule has 9 heteroatoms. The first-order valence-corrected chi connectivity index (χ1v) is 5.70. The lowest BCUT2D eigenvalue weighted by molar-refractivity contribution is -0.385. The number of rotatable bonds is 5. The van der Waals surface area contributed by atoms with Gasteiger partial charge in [0.1, 0.15) is 12.0 Å². The zero-order valence-electron chi connectivity index (χ0n) is 10.5. The van der Waals surface area contributed by atoms with Gasteiger partial charge in [0.05, 0.1) is 16.1 Å². The molecule has 1 heterocycles. The van der Waals surface area contributed by atoms with Gasteiger partial charge in [0, 0.05) is 18.2 Å². The van der Waals surface area contributed by atoms with E-state index in [-0.39, 0.29) is 11.4 Å². The van der Waals surface area contributed by atoms with E-state index >= 15 is 0 Å². The van der Waals surface area contributed by atoms with Crippen molar-refractivity contribution >= 4 is 23.4 Å². The quantitative estimate of drug-likeness (QED) is 0.511. The predicted molar refractivity (Wildman–Crippen MR) is 75.2 cm³/mol. The van der Waals surface area contributed by atoms with Crippen molar-refractivity contribution in [3.05, 3.63) is 68.4 Å². The highest BCUT2D eigenvalue weighted by Gasteiger charge is 2.04. The summed E-state index contributed by atoms with van der Waals surface area (Å²) in [4.78, 5) is 23.7. The molecule has 21 heavy (non-hydrogen) atoms. The van der Waals surface area contributed by atoms with E-state index in [1.807, 2.05) is 0 Å². The first kappa shape index (κ1) is 14.1. The number of benzene rings is 1. The second kappa shape index (κ2) is 6.19. The maximum absolute atomic E-state index is 10.5. The Labute approximate surface area is 118 Å². The Morgan fingerprint density at radius 3 is 2.14 bits per heavy atom. The van der Waals surface area contributed by atoms with Gasteiger partial charge >= 0.3 is 0 Å². The second-order valence-electron chi connectivity index (χ2n) is 3.88. The summed E-state index contributed by atoms with van der Waals surface area (Å²) in [7, 11) is 0. The molecule has 0 radical (unpaired) electrons. The van der Waals surface area contributed by atoms with Crippen LogP contribution in [0.4, 0.5) is 17.2 Å². The number of aromatic nitrogens is 1. The van der Waals surface area contributed by atoms with Gasteiger partial charge in [-0.1, -0.05) is 0 Å². The Hall–Kier alpha value is -3.36. The van der Waals surface area contributed by atoms with Crippen LogP contribution in [-0.2, 0) is 0 Å². The molecule has 2 rings (SSSR count). The van der Waals surface area contributed by atoms with Gasteiger partial charge in [-0.3, -0.25) is 25.7 Å². The molecule has 0 fully saturated rings. The molecule has 0 amide bonds. The van der Waals surface area contributed by atoms with Crippen molar-refractivity contribution in [3.8, 4) is 0 Å².